The molecular weight excluding hydrogens is 320 g/mol. The summed E-state index contributed by atoms with van der Waals surface area (Å²) in [6.07, 6.45) is 0. The number of carbonyl (C=O) groups excluding carboxylic acids is 1. The lowest BCUT2D eigenvalue weighted by atomic mass is 10.1. The van der Waals surface area contributed by atoms with Crippen molar-refractivity contribution in [2.24, 2.45) is 0 Å². The minimum atomic E-state index is -0.329. The van der Waals surface area contributed by atoms with Gasteiger partial charge in [0.1, 0.15) is 17.1 Å². The quantitative estimate of drug-likeness (QED) is 0.763. The highest BCUT2D eigenvalue weighted by Crippen LogP contribution is 2.31. The Morgan fingerprint density at radius 1 is 1.08 bits per heavy atom. The van der Waals surface area contributed by atoms with Crippen molar-refractivity contribution in [2.75, 3.05) is 19.5 Å². The predicted octanol–water partition coefficient (Wildman–Crippen LogP) is 3.92. The molecule has 0 fully saturated rings. The van der Waals surface area contributed by atoms with Gasteiger partial charge >= 0.3 is 0 Å². The van der Waals surface area contributed by atoms with Crippen LogP contribution in [0.5, 0.6) is 11.5 Å². The maximum atomic E-state index is 12.9. The fourth-order valence-corrected chi connectivity index (χ4v) is 2.52. The average molecular weight is 338 g/mol. The fourth-order valence-electron chi connectivity index (χ4n) is 2.52. The van der Waals surface area contributed by atoms with Crippen molar-refractivity contribution < 1.29 is 18.8 Å². The van der Waals surface area contributed by atoms with Crippen LogP contribution in [-0.4, -0.2) is 25.3 Å². The van der Waals surface area contributed by atoms with Crippen molar-refractivity contribution in [2.45, 2.75) is 6.92 Å². The van der Waals surface area contributed by atoms with E-state index in [1.807, 2.05) is 30.3 Å². The first kappa shape index (κ1) is 16.6. The van der Waals surface area contributed by atoms with Crippen LogP contribution in [0.4, 0.5) is 5.69 Å². The molecular formula is C19H18N2O4. The number of methoxy groups -OCH3 is 2. The van der Waals surface area contributed by atoms with Crippen LogP contribution in [0.15, 0.2) is 53.1 Å². The van der Waals surface area contributed by atoms with Crippen LogP contribution >= 0.6 is 0 Å². The first-order valence-electron chi connectivity index (χ1n) is 7.69. The van der Waals surface area contributed by atoms with Gasteiger partial charge in [0.05, 0.1) is 25.6 Å². The minimum absolute atomic E-state index is 0.329. The number of anilines is 1. The maximum absolute atomic E-state index is 12.9. The Bertz CT molecular complexity index is 888. The number of aromatic nitrogens is 1. The van der Waals surface area contributed by atoms with E-state index in [1.54, 1.807) is 32.2 Å². The zero-order valence-corrected chi connectivity index (χ0v) is 14.2. The normalized spacial score (nSPS) is 10.4. The molecule has 0 radical (unpaired) electrons. The topological polar surface area (TPSA) is 73.6 Å². The summed E-state index contributed by atoms with van der Waals surface area (Å²) in [7, 11) is 3.10. The Labute approximate surface area is 145 Å². The first-order valence-corrected chi connectivity index (χ1v) is 7.69. The van der Waals surface area contributed by atoms with E-state index < -0.39 is 0 Å². The van der Waals surface area contributed by atoms with Crippen LogP contribution in [0.2, 0.25) is 0 Å². The number of nitrogens with one attached hydrogen (secondary N) is 1. The van der Waals surface area contributed by atoms with E-state index in [0.29, 0.717) is 34.2 Å². The Morgan fingerprint density at radius 3 is 2.52 bits per heavy atom. The second-order valence-electron chi connectivity index (χ2n) is 5.36. The lowest BCUT2D eigenvalue weighted by Crippen LogP contribution is -2.14. The molecule has 0 saturated carbocycles. The van der Waals surface area contributed by atoms with Gasteiger partial charge in [-0.25, -0.2) is 0 Å². The highest BCUT2D eigenvalue weighted by molar-refractivity contribution is 6.09. The monoisotopic (exact) mass is 338 g/mol. The van der Waals surface area contributed by atoms with E-state index in [2.05, 4.69) is 10.5 Å². The van der Waals surface area contributed by atoms with Gasteiger partial charge in [-0.3, -0.25) is 4.79 Å². The van der Waals surface area contributed by atoms with Gasteiger partial charge < -0.3 is 19.3 Å². The average Bonchev–Trinajstić information content (AvgIpc) is 3.04. The molecule has 0 unspecified atom stereocenters. The van der Waals surface area contributed by atoms with E-state index in [4.69, 9.17) is 14.0 Å². The molecule has 3 aromatic rings. The van der Waals surface area contributed by atoms with Crippen LogP contribution in [0, 0.1) is 6.92 Å². The van der Waals surface area contributed by atoms with Crippen molar-refractivity contribution in [1.29, 1.82) is 0 Å². The number of rotatable bonds is 5. The molecule has 6 nitrogen and oxygen atoms in total. The van der Waals surface area contributed by atoms with E-state index in [0.717, 1.165) is 5.56 Å². The standard InChI is InChI=1S/C19H18N2O4/c1-12-17(18(25-21-12)13-7-5-4-6-8-13)19(22)20-15-11-14(23-2)9-10-16(15)24-3/h4-11H,1-3H3,(H,20,22). The summed E-state index contributed by atoms with van der Waals surface area (Å²) in [4.78, 5) is 12.9. The first-order chi connectivity index (χ1) is 12.1. The van der Waals surface area contributed by atoms with Gasteiger partial charge in [-0.1, -0.05) is 35.5 Å². The Hall–Kier alpha value is -3.28. The fraction of sp³-hybridized carbons (Fsp3) is 0.158. The Balaban J connectivity index is 1.97. The molecule has 25 heavy (non-hydrogen) atoms. The highest BCUT2D eigenvalue weighted by atomic mass is 16.5. The van der Waals surface area contributed by atoms with Gasteiger partial charge in [0.15, 0.2) is 5.76 Å². The lowest BCUT2D eigenvalue weighted by molar-refractivity contribution is 0.102. The third kappa shape index (κ3) is 3.33. The summed E-state index contributed by atoms with van der Waals surface area (Å²) < 4.78 is 15.9. The summed E-state index contributed by atoms with van der Waals surface area (Å²) in [6, 6.07) is 14.6. The van der Waals surface area contributed by atoms with E-state index in [9.17, 15) is 4.79 Å². The third-order valence-corrected chi connectivity index (χ3v) is 3.78. The van der Waals surface area contributed by atoms with Gasteiger partial charge in [0, 0.05) is 11.6 Å². The van der Waals surface area contributed by atoms with Crippen LogP contribution in [0.1, 0.15) is 16.1 Å². The number of benzene rings is 2. The minimum Gasteiger partial charge on any atom is -0.497 e. The molecule has 128 valence electrons. The SMILES string of the molecule is COc1ccc(OC)c(NC(=O)c2c(C)noc2-c2ccccc2)c1. The van der Waals surface area contributed by atoms with Gasteiger partial charge in [0.25, 0.3) is 5.91 Å². The molecule has 0 bridgehead atoms. The lowest BCUT2D eigenvalue weighted by Gasteiger charge is -2.12. The van der Waals surface area contributed by atoms with Crippen LogP contribution in [0.3, 0.4) is 0 Å². The number of ether oxygens (including phenoxy) is 2. The van der Waals surface area contributed by atoms with Crippen molar-refractivity contribution >= 4 is 11.6 Å². The molecule has 3 rings (SSSR count). The largest absolute Gasteiger partial charge is 0.497 e. The zero-order valence-electron chi connectivity index (χ0n) is 14.2. The number of hydrogen-bond donors (Lipinski definition) is 1. The molecule has 0 saturated heterocycles. The number of carbonyl (C=O) groups is 1. The molecule has 1 heterocycles. The molecule has 0 aliphatic rings. The number of aryl methyl sites for hydroxylation is 1. The van der Waals surface area contributed by atoms with Crippen molar-refractivity contribution in [1.82, 2.24) is 5.16 Å². The van der Waals surface area contributed by atoms with Crippen LogP contribution in [-0.2, 0) is 0 Å². The molecule has 2 aromatic carbocycles. The molecule has 1 aromatic heterocycles. The molecule has 0 aliphatic carbocycles. The van der Waals surface area contributed by atoms with Crippen LogP contribution < -0.4 is 14.8 Å². The molecule has 6 heteroatoms. The second kappa shape index (κ2) is 7.09. The summed E-state index contributed by atoms with van der Waals surface area (Å²) in [5, 5.41) is 6.79. The van der Waals surface area contributed by atoms with Gasteiger partial charge in [0.2, 0.25) is 0 Å². The van der Waals surface area contributed by atoms with Gasteiger partial charge in [-0.2, -0.15) is 0 Å². The predicted molar refractivity (Wildman–Crippen MR) is 94.2 cm³/mol. The van der Waals surface area contributed by atoms with Crippen molar-refractivity contribution in [3.05, 3.63) is 59.8 Å². The molecule has 0 spiro atoms. The Kier molecular flexibility index (Phi) is 4.70. The summed E-state index contributed by atoms with van der Waals surface area (Å²) >= 11 is 0. The third-order valence-electron chi connectivity index (χ3n) is 3.78. The van der Waals surface area contributed by atoms with Gasteiger partial charge in [-0.05, 0) is 19.1 Å². The summed E-state index contributed by atoms with van der Waals surface area (Å²) in [5.41, 5.74) is 2.19. The summed E-state index contributed by atoms with van der Waals surface area (Å²) in [5.74, 6) is 1.24. The van der Waals surface area contributed by atoms with E-state index in [-0.39, 0.29) is 5.91 Å². The van der Waals surface area contributed by atoms with Gasteiger partial charge in [-0.15, -0.1) is 0 Å². The van der Waals surface area contributed by atoms with Crippen molar-refractivity contribution in [3.8, 4) is 22.8 Å². The number of amides is 1. The smallest absolute Gasteiger partial charge is 0.261 e. The number of hydrogen-bond acceptors (Lipinski definition) is 5. The molecule has 1 N–H and O–H groups in total. The Morgan fingerprint density at radius 2 is 1.84 bits per heavy atom. The summed E-state index contributed by atoms with van der Waals surface area (Å²) in [6.45, 7) is 1.73. The highest BCUT2D eigenvalue weighted by Gasteiger charge is 2.22. The molecule has 0 aliphatic heterocycles. The molecule has 1 amide bonds. The zero-order chi connectivity index (χ0) is 17.8. The van der Waals surface area contributed by atoms with E-state index >= 15 is 0 Å². The van der Waals surface area contributed by atoms with E-state index in [1.165, 1.54) is 7.11 Å². The molecule has 0 atom stereocenters. The van der Waals surface area contributed by atoms with Crippen molar-refractivity contribution in [3.63, 3.8) is 0 Å². The maximum Gasteiger partial charge on any atom is 0.261 e. The van der Waals surface area contributed by atoms with Crippen LogP contribution in [0.25, 0.3) is 11.3 Å². The number of nitrogens with zero attached hydrogens (tertiary/aromatic N) is 1. The second-order valence-corrected chi connectivity index (χ2v) is 5.36.